The third kappa shape index (κ3) is 4.78. The second-order valence-electron chi connectivity index (χ2n) is 4.84. The number of hydrogen-bond donors (Lipinski definition) is 1. The molecular formula is C13H28N2OS. The Morgan fingerprint density at radius 3 is 2.82 bits per heavy atom. The lowest BCUT2D eigenvalue weighted by Gasteiger charge is -2.41. The van der Waals surface area contributed by atoms with Gasteiger partial charge in [0, 0.05) is 32.3 Å². The number of thioether (sulfide) groups is 1. The summed E-state index contributed by atoms with van der Waals surface area (Å²) in [7, 11) is 1.82. The molecule has 0 aromatic carbocycles. The van der Waals surface area contributed by atoms with Crippen LogP contribution in [-0.2, 0) is 4.74 Å². The van der Waals surface area contributed by atoms with E-state index in [0.717, 1.165) is 25.9 Å². The minimum atomic E-state index is 0.449. The van der Waals surface area contributed by atoms with Gasteiger partial charge in [-0.15, -0.1) is 0 Å². The Labute approximate surface area is 110 Å². The molecule has 1 fully saturated rings. The highest BCUT2D eigenvalue weighted by atomic mass is 32.2. The molecule has 1 rings (SSSR count). The van der Waals surface area contributed by atoms with Gasteiger partial charge < -0.3 is 10.5 Å². The van der Waals surface area contributed by atoms with Crippen molar-refractivity contribution < 1.29 is 4.74 Å². The summed E-state index contributed by atoms with van der Waals surface area (Å²) in [6, 6.07) is 1.16. The fourth-order valence-electron chi connectivity index (χ4n) is 2.69. The maximum atomic E-state index is 5.93. The van der Waals surface area contributed by atoms with E-state index in [0.29, 0.717) is 18.2 Å². The first kappa shape index (κ1) is 15.3. The maximum Gasteiger partial charge on any atom is 0.0598 e. The predicted molar refractivity (Wildman–Crippen MR) is 76.7 cm³/mol. The molecular weight excluding hydrogens is 232 g/mol. The number of hydrogen-bond acceptors (Lipinski definition) is 4. The van der Waals surface area contributed by atoms with E-state index in [1.165, 1.54) is 17.9 Å². The molecule has 0 radical (unpaired) electrons. The summed E-state index contributed by atoms with van der Waals surface area (Å²) < 4.78 is 5.46. The number of methoxy groups -OCH3 is 1. The van der Waals surface area contributed by atoms with E-state index in [1.807, 2.05) is 18.9 Å². The Morgan fingerprint density at radius 2 is 2.29 bits per heavy atom. The Balaban J connectivity index is 2.40. The van der Waals surface area contributed by atoms with Gasteiger partial charge >= 0.3 is 0 Å². The standard InChI is InChI=1S/C13H28N2OS/c1-4-17-8-6-12(10-14)15-7-5-13(16-3)9-11(15)2/h11-13H,4-10,14H2,1-3H3. The van der Waals surface area contributed by atoms with Gasteiger partial charge in [-0.05, 0) is 37.7 Å². The number of likely N-dealkylation sites (tertiary alicyclic amines) is 1. The minimum Gasteiger partial charge on any atom is -0.381 e. The van der Waals surface area contributed by atoms with Crippen molar-refractivity contribution in [3.8, 4) is 0 Å². The average molecular weight is 260 g/mol. The largest absolute Gasteiger partial charge is 0.381 e. The maximum absolute atomic E-state index is 5.93. The van der Waals surface area contributed by atoms with Gasteiger partial charge in [-0.1, -0.05) is 6.92 Å². The smallest absolute Gasteiger partial charge is 0.0598 e. The van der Waals surface area contributed by atoms with Crippen LogP contribution in [0.4, 0.5) is 0 Å². The van der Waals surface area contributed by atoms with Gasteiger partial charge in [0.25, 0.3) is 0 Å². The fourth-order valence-corrected chi connectivity index (χ4v) is 3.41. The van der Waals surface area contributed by atoms with Gasteiger partial charge in [0.2, 0.25) is 0 Å². The van der Waals surface area contributed by atoms with Crippen molar-refractivity contribution in [1.82, 2.24) is 4.90 Å². The second kappa shape index (κ2) is 8.35. The summed E-state index contributed by atoms with van der Waals surface area (Å²) >= 11 is 2.02. The molecule has 0 aromatic heterocycles. The predicted octanol–water partition coefficient (Wildman–Crippen LogP) is 1.96. The van der Waals surface area contributed by atoms with Crippen molar-refractivity contribution in [1.29, 1.82) is 0 Å². The molecule has 3 atom stereocenters. The number of nitrogens with zero attached hydrogens (tertiary/aromatic N) is 1. The van der Waals surface area contributed by atoms with Crippen molar-refractivity contribution in [2.45, 2.75) is 51.3 Å². The highest BCUT2D eigenvalue weighted by Crippen LogP contribution is 2.23. The van der Waals surface area contributed by atoms with E-state index in [-0.39, 0.29) is 0 Å². The third-order valence-corrected chi connectivity index (χ3v) is 4.69. The van der Waals surface area contributed by atoms with Gasteiger partial charge in [-0.25, -0.2) is 0 Å². The molecule has 17 heavy (non-hydrogen) atoms. The summed E-state index contributed by atoms with van der Waals surface area (Å²) in [4.78, 5) is 2.59. The normalized spacial score (nSPS) is 28.2. The van der Waals surface area contributed by atoms with Gasteiger partial charge in [-0.2, -0.15) is 11.8 Å². The van der Waals surface area contributed by atoms with Crippen LogP contribution in [0.25, 0.3) is 0 Å². The summed E-state index contributed by atoms with van der Waals surface area (Å²) in [5.74, 6) is 2.44. The molecule has 102 valence electrons. The third-order valence-electron chi connectivity index (χ3n) is 3.75. The average Bonchev–Trinajstić information content (AvgIpc) is 2.35. The van der Waals surface area contributed by atoms with Crippen LogP contribution >= 0.6 is 11.8 Å². The summed E-state index contributed by atoms with van der Waals surface area (Å²) in [5.41, 5.74) is 5.93. The van der Waals surface area contributed by atoms with Gasteiger partial charge in [0.15, 0.2) is 0 Å². The van der Waals surface area contributed by atoms with Crippen molar-refractivity contribution in [2.75, 3.05) is 31.7 Å². The van der Waals surface area contributed by atoms with E-state index < -0.39 is 0 Å². The zero-order chi connectivity index (χ0) is 12.7. The van der Waals surface area contributed by atoms with Crippen LogP contribution in [0.15, 0.2) is 0 Å². The molecule has 0 aromatic rings. The first-order chi connectivity index (χ1) is 8.22. The van der Waals surface area contributed by atoms with Crippen LogP contribution in [-0.4, -0.2) is 54.8 Å². The van der Waals surface area contributed by atoms with Crippen LogP contribution in [0, 0.1) is 0 Å². The summed E-state index contributed by atoms with van der Waals surface area (Å²) in [6.45, 7) is 6.44. The molecule has 0 aliphatic carbocycles. The first-order valence-corrected chi connectivity index (χ1v) is 7.94. The molecule has 3 nitrogen and oxygen atoms in total. The van der Waals surface area contributed by atoms with E-state index in [1.54, 1.807) is 0 Å². The first-order valence-electron chi connectivity index (χ1n) is 6.79. The molecule has 4 heteroatoms. The van der Waals surface area contributed by atoms with Gasteiger partial charge in [0.05, 0.1) is 6.10 Å². The molecule has 0 bridgehead atoms. The van der Waals surface area contributed by atoms with Crippen LogP contribution < -0.4 is 5.73 Å². The fraction of sp³-hybridized carbons (Fsp3) is 1.00. The van der Waals surface area contributed by atoms with Crippen molar-refractivity contribution in [3.05, 3.63) is 0 Å². The quantitative estimate of drug-likeness (QED) is 0.710. The Kier molecular flexibility index (Phi) is 7.51. The molecule has 1 aliphatic heterocycles. The monoisotopic (exact) mass is 260 g/mol. The summed E-state index contributed by atoms with van der Waals surface area (Å²) in [5, 5.41) is 0. The molecule has 1 aliphatic rings. The lowest BCUT2D eigenvalue weighted by molar-refractivity contribution is -0.000282. The topological polar surface area (TPSA) is 38.5 Å². The molecule has 0 amide bonds. The lowest BCUT2D eigenvalue weighted by Crippen LogP contribution is -2.51. The Bertz CT molecular complexity index is 204. The Morgan fingerprint density at radius 1 is 1.53 bits per heavy atom. The highest BCUT2D eigenvalue weighted by molar-refractivity contribution is 7.99. The molecule has 2 N–H and O–H groups in total. The summed E-state index contributed by atoms with van der Waals surface area (Å²) in [6.07, 6.45) is 3.97. The Hall–Kier alpha value is 0.230. The van der Waals surface area contributed by atoms with Crippen molar-refractivity contribution in [3.63, 3.8) is 0 Å². The number of piperidine rings is 1. The molecule has 1 heterocycles. The molecule has 3 unspecified atom stereocenters. The van der Waals surface area contributed by atoms with Crippen molar-refractivity contribution in [2.24, 2.45) is 5.73 Å². The number of nitrogens with two attached hydrogens (primary N) is 1. The second-order valence-corrected chi connectivity index (χ2v) is 6.24. The number of rotatable bonds is 7. The van der Waals surface area contributed by atoms with Crippen LogP contribution in [0.5, 0.6) is 0 Å². The van der Waals surface area contributed by atoms with Crippen LogP contribution in [0.1, 0.15) is 33.1 Å². The zero-order valence-corrected chi connectivity index (χ0v) is 12.3. The van der Waals surface area contributed by atoms with Crippen LogP contribution in [0.3, 0.4) is 0 Å². The van der Waals surface area contributed by atoms with Gasteiger partial charge in [0.1, 0.15) is 0 Å². The molecule has 0 saturated carbocycles. The van der Waals surface area contributed by atoms with E-state index in [4.69, 9.17) is 10.5 Å². The SMILES string of the molecule is CCSCCC(CN)N1CCC(OC)CC1C. The molecule has 0 spiro atoms. The van der Waals surface area contributed by atoms with E-state index >= 15 is 0 Å². The van der Waals surface area contributed by atoms with Crippen molar-refractivity contribution >= 4 is 11.8 Å². The zero-order valence-electron chi connectivity index (χ0n) is 11.5. The van der Waals surface area contributed by atoms with E-state index in [9.17, 15) is 0 Å². The van der Waals surface area contributed by atoms with Gasteiger partial charge in [-0.3, -0.25) is 4.90 Å². The number of ether oxygens (including phenoxy) is 1. The van der Waals surface area contributed by atoms with Crippen LogP contribution in [0.2, 0.25) is 0 Å². The van der Waals surface area contributed by atoms with E-state index in [2.05, 4.69) is 18.7 Å². The molecule has 1 saturated heterocycles. The minimum absolute atomic E-state index is 0.449. The lowest BCUT2D eigenvalue weighted by atomic mass is 9.97. The highest BCUT2D eigenvalue weighted by Gasteiger charge is 2.29.